The lowest BCUT2D eigenvalue weighted by Crippen LogP contribution is -2.40. The Kier molecular flexibility index (Phi) is 7.37. The number of ether oxygens (including phenoxy) is 2. The summed E-state index contributed by atoms with van der Waals surface area (Å²) in [6.45, 7) is 5.44. The van der Waals surface area contributed by atoms with Gasteiger partial charge < -0.3 is 14.4 Å². The van der Waals surface area contributed by atoms with Gasteiger partial charge in [-0.05, 0) is 55.7 Å². The summed E-state index contributed by atoms with van der Waals surface area (Å²) in [4.78, 5) is 15.0. The Morgan fingerprint density at radius 2 is 1.83 bits per heavy atom. The first kappa shape index (κ1) is 22.2. The standard InChI is InChI=1S/C23H29NO5S/c1-3-13-29-21-10-8-18(9-11-21)16-24(20-12-14-30(26,27)17-20)23(25)19-6-5-7-22(15-19)28-4-2/h5-11,15,20H,3-4,12-14,16-17H2,1-2H3. The number of amides is 1. The zero-order chi connectivity index (χ0) is 21.6. The second-order valence-corrected chi connectivity index (χ2v) is 9.67. The van der Waals surface area contributed by atoms with Gasteiger partial charge in [0.2, 0.25) is 0 Å². The van der Waals surface area contributed by atoms with Gasteiger partial charge in [-0.25, -0.2) is 8.42 Å². The molecule has 6 nitrogen and oxygen atoms in total. The largest absolute Gasteiger partial charge is 0.494 e. The zero-order valence-electron chi connectivity index (χ0n) is 17.5. The van der Waals surface area contributed by atoms with Crippen molar-refractivity contribution in [3.05, 3.63) is 59.7 Å². The van der Waals surface area contributed by atoms with Crippen LogP contribution in [-0.4, -0.2) is 50.0 Å². The maximum absolute atomic E-state index is 13.4. The summed E-state index contributed by atoms with van der Waals surface area (Å²) in [6.07, 6.45) is 1.39. The number of sulfone groups is 1. The molecule has 1 aliphatic heterocycles. The van der Waals surface area contributed by atoms with Crippen LogP contribution in [0.15, 0.2) is 48.5 Å². The molecule has 162 valence electrons. The molecular weight excluding hydrogens is 402 g/mol. The Labute approximate surface area is 178 Å². The van der Waals surface area contributed by atoms with E-state index in [1.165, 1.54) is 0 Å². The number of rotatable bonds is 9. The summed E-state index contributed by atoms with van der Waals surface area (Å²) < 4.78 is 35.3. The van der Waals surface area contributed by atoms with E-state index in [4.69, 9.17) is 9.47 Å². The molecule has 1 saturated heterocycles. The van der Waals surface area contributed by atoms with Crippen LogP contribution in [0.2, 0.25) is 0 Å². The van der Waals surface area contributed by atoms with Gasteiger partial charge in [0.25, 0.3) is 5.91 Å². The lowest BCUT2D eigenvalue weighted by Gasteiger charge is -2.29. The quantitative estimate of drug-likeness (QED) is 0.605. The molecule has 7 heteroatoms. The van der Waals surface area contributed by atoms with Crippen molar-refractivity contribution < 1.29 is 22.7 Å². The molecule has 2 aromatic carbocycles. The Balaban J connectivity index is 1.83. The molecular formula is C23H29NO5S. The Morgan fingerprint density at radius 1 is 1.07 bits per heavy atom. The summed E-state index contributed by atoms with van der Waals surface area (Å²) in [5.41, 5.74) is 1.42. The highest BCUT2D eigenvalue weighted by Crippen LogP contribution is 2.24. The third kappa shape index (κ3) is 5.75. The fourth-order valence-electron chi connectivity index (χ4n) is 3.55. The molecule has 0 N–H and O–H groups in total. The summed E-state index contributed by atoms with van der Waals surface area (Å²) in [6, 6.07) is 14.3. The zero-order valence-corrected chi connectivity index (χ0v) is 18.4. The molecule has 0 bridgehead atoms. The lowest BCUT2D eigenvalue weighted by molar-refractivity contribution is 0.0680. The predicted molar refractivity (Wildman–Crippen MR) is 117 cm³/mol. The van der Waals surface area contributed by atoms with Gasteiger partial charge in [-0.2, -0.15) is 0 Å². The molecule has 3 rings (SSSR count). The number of hydrogen-bond acceptors (Lipinski definition) is 5. The monoisotopic (exact) mass is 431 g/mol. The Bertz CT molecular complexity index is 956. The molecule has 0 aliphatic carbocycles. The van der Waals surface area contributed by atoms with E-state index in [0.29, 0.717) is 37.5 Å². The topological polar surface area (TPSA) is 72.9 Å². The van der Waals surface area contributed by atoms with Crippen LogP contribution < -0.4 is 9.47 Å². The van der Waals surface area contributed by atoms with Gasteiger partial charge in [0.1, 0.15) is 11.5 Å². The molecule has 2 aromatic rings. The van der Waals surface area contributed by atoms with Crippen molar-refractivity contribution in [2.75, 3.05) is 24.7 Å². The van der Waals surface area contributed by atoms with Gasteiger partial charge in [-0.1, -0.05) is 25.1 Å². The van der Waals surface area contributed by atoms with E-state index in [0.717, 1.165) is 17.7 Å². The average Bonchev–Trinajstić information content (AvgIpc) is 3.10. The second kappa shape index (κ2) is 9.98. The number of benzene rings is 2. The Hall–Kier alpha value is -2.54. The van der Waals surface area contributed by atoms with Crippen molar-refractivity contribution in [2.24, 2.45) is 0 Å². The first-order chi connectivity index (χ1) is 14.4. The fraction of sp³-hybridized carbons (Fsp3) is 0.435. The highest BCUT2D eigenvalue weighted by Gasteiger charge is 2.35. The molecule has 0 radical (unpaired) electrons. The van der Waals surface area contributed by atoms with Crippen LogP contribution in [0.1, 0.15) is 42.6 Å². The highest BCUT2D eigenvalue weighted by atomic mass is 32.2. The molecule has 0 spiro atoms. The van der Waals surface area contributed by atoms with Crippen molar-refractivity contribution in [2.45, 2.75) is 39.3 Å². The third-order valence-corrected chi connectivity index (χ3v) is 6.80. The normalized spacial score (nSPS) is 17.5. The smallest absolute Gasteiger partial charge is 0.254 e. The molecule has 1 amide bonds. The first-order valence-corrected chi connectivity index (χ1v) is 12.2. The molecule has 0 aromatic heterocycles. The number of hydrogen-bond donors (Lipinski definition) is 0. The Morgan fingerprint density at radius 3 is 2.47 bits per heavy atom. The SMILES string of the molecule is CCCOc1ccc(CN(C(=O)c2cccc(OCC)c2)C2CCS(=O)(=O)C2)cc1. The molecule has 0 saturated carbocycles. The molecule has 1 aliphatic rings. The second-order valence-electron chi connectivity index (χ2n) is 7.44. The van der Waals surface area contributed by atoms with Crippen molar-refractivity contribution in [3.8, 4) is 11.5 Å². The van der Waals surface area contributed by atoms with Crippen LogP contribution in [0.25, 0.3) is 0 Å². The van der Waals surface area contributed by atoms with E-state index in [9.17, 15) is 13.2 Å². The van der Waals surface area contributed by atoms with Crippen molar-refractivity contribution >= 4 is 15.7 Å². The van der Waals surface area contributed by atoms with Gasteiger partial charge >= 0.3 is 0 Å². The van der Waals surface area contributed by atoms with Crippen molar-refractivity contribution in [3.63, 3.8) is 0 Å². The summed E-state index contributed by atoms with van der Waals surface area (Å²) in [7, 11) is -3.12. The van der Waals surface area contributed by atoms with Crippen LogP contribution in [0.4, 0.5) is 0 Å². The average molecular weight is 432 g/mol. The van der Waals surface area contributed by atoms with E-state index in [-0.39, 0.29) is 23.5 Å². The van der Waals surface area contributed by atoms with Crippen LogP contribution >= 0.6 is 0 Å². The van der Waals surface area contributed by atoms with Crippen LogP contribution in [0.5, 0.6) is 11.5 Å². The molecule has 1 fully saturated rings. The minimum atomic E-state index is -3.12. The van der Waals surface area contributed by atoms with E-state index in [1.54, 1.807) is 29.2 Å². The molecule has 1 unspecified atom stereocenters. The fourth-order valence-corrected chi connectivity index (χ4v) is 5.28. The third-order valence-electron chi connectivity index (χ3n) is 5.05. The number of nitrogens with zero attached hydrogens (tertiary/aromatic N) is 1. The van der Waals surface area contributed by atoms with Crippen molar-refractivity contribution in [1.29, 1.82) is 0 Å². The van der Waals surface area contributed by atoms with Crippen molar-refractivity contribution in [1.82, 2.24) is 4.90 Å². The number of carbonyl (C=O) groups is 1. The lowest BCUT2D eigenvalue weighted by atomic mass is 10.1. The predicted octanol–water partition coefficient (Wildman–Crippen LogP) is 3.70. The van der Waals surface area contributed by atoms with Crippen LogP contribution in [-0.2, 0) is 16.4 Å². The van der Waals surface area contributed by atoms with E-state index >= 15 is 0 Å². The van der Waals surface area contributed by atoms with Crippen LogP contribution in [0, 0.1) is 0 Å². The maximum Gasteiger partial charge on any atom is 0.254 e. The van der Waals surface area contributed by atoms with E-state index < -0.39 is 9.84 Å². The molecule has 1 heterocycles. The summed E-state index contributed by atoms with van der Waals surface area (Å²) in [5.74, 6) is 1.34. The van der Waals surface area contributed by atoms with Gasteiger partial charge in [0, 0.05) is 18.2 Å². The van der Waals surface area contributed by atoms with Gasteiger partial charge in [0.05, 0.1) is 24.7 Å². The van der Waals surface area contributed by atoms with Gasteiger partial charge in [-0.15, -0.1) is 0 Å². The van der Waals surface area contributed by atoms with Gasteiger partial charge in [-0.3, -0.25) is 4.79 Å². The van der Waals surface area contributed by atoms with E-state index in [2.05, 4.69) is 0 Å². The van der Waals surface area contributed by atoms with E-state index in [1.807, 2.05) is 38.1 Å². The highest BCUT2D eigenvalue weighted by molar-refractivity contribution is 7.91. The summed E-state index contributed by atoms with van der Waals surface area (Å²) in [5, 5.41) is 0. The first-order valence-electron chi connectivity index (χ1n) is 10.4. The number of carbonyl (C=O) groups excluding carboxylic acids is 1. The maximum atomic E-state index is 13.4. The minimum Gasteiger partial charge on any atom is -0.494 e. The van der Waals surface area contributed by atoms with Crippen LogP contribution in [0.3, 0.4) is 0 Å². The minimum absolute atomic E-state index is 0.00157. The molecule has 30 heavy (non-hydrogen) atoms. The van der Waals surface area contributed by atoms with Gasteiger partial charge in [0.15, 0.2) is 9.84 Å². The molecule has 1 atom stereocenters. The summed E-state index contributed by atoms with van der Waals surface area (Å²) >= 11 is 0.